The number of benzene rings is 2. The molecule has 1 saturated carbocycles. The number of amides is 1. The van der Waals surface area contributed by atoms with Crippen LogP contribution in [0.2, 0.25) is 0 Å². The van der Waals surface area contributed by atoms with Crippen molar-refractivity contribution in [3.63, 3.8) is 0 Å². The Labute approximate surface area is 173 Å². The zero-order valence-electron chi connectivity index (χ0n) is 17.3. The Morgan fingerprint density at radius 1 is 1.24 bits per heavy atom. The number of rotatable bonds is 7. The number of methoxy groups -OCH3 is 1. The van der Waals surface area contributed by atoms with Crippen LogP contribution >= 0.6 is 0 Å². The van der Waals surface area contributed by atoms with Gasteiger partial charge in [0.1, 0.15) is 17.6 Å². The van der Waals surface area contributed by atoms with Gasteiger partial charge in [-0.25, -0.2) is 0 Å². The largest absolute Gasteiger partial charge is 0.497 e. The third kappa shape index (κ3) is 4.73. The molecule has 0 aromatic heterocycles. The van der Waals surface area contributed by atoms with Crippen molar-refractivity contribution >= 4 is 5.91 Å². The zero-order valence-corrected chi connectivity index (χ0v) is 17.3. The van der Waals surface area contributed by atoms with Crippen LogP contribution in [0.25, 0.3) is 0 Å². The number of hydrogen-bond donors (Lipinski definition) is 1. The smallest absolute Gasteiger partial charge is 0.223 e. The molecule has 1 aliphatic heterocycles. The summed E-state index contributed by atoms with van der Waals surface area (Å²) in [5, 5.41) is 3.15. The molecule has 2 aromatic rings. The standard InChI is InChI=1S/C24H30N2O3/c1-3-19-16-26(15-18-13-20(28-2)9-10-23(18)29-19)12-11-25-24(27)22-14-21(22)17-7-5-4-6-8-17/h4-10,13,19,21-22H,3,11-12,14-16H2,1-2H3,(H,25,27)/t19?,21-,22+/m0/s1. The molecule has 0 spiro atoms. The predicted molar refractivity (Wildman–Crippen MR) is 113 cm³/mol. The van der Waals surface area contributed by atoms with E-state index >= 15 is 0 Å². The summed E-state index contributed by atoms with van der Waals surface area (Å²) in [6.45, 7) is 5.28. The van der Waals surface area contributed by atoms with Crippen LogP contribution in [0.4, 0.5) is 0 Å². The number of nitrogens with one attached hydrogen (secondary N) is 1. The molecular weight excluding hydrogens is 364 g/mol. The van der Waals surface area contributed by atoms with Gasteiger partial charge in [-0.05, 0) is 42.5 Å². The number of nitrogens with zero attached hydrogens (tertiary/aromatic N) is 1. The summed E-state index contributed by atoms with van der Waals surface area (Å²) in [6, 6.07) is 16.3. The predicted octanol–water partition coefficient (Wildman–Crippen LogP) is 3.59. The van der Waals surface area contributed by atoms with Gasteiger partial charge in [-0.15, -0.1) is 0 Å². The SMILES string of the molecule is CCC1CN(CCNC(=O)[C@@H]2C[C@H]2c2ccccc2)Cc2cc(OC)ccc2O1. The maximum Gasteiger partial charge on any atom is 0.223 e. The second-order valence-electron chi connectivity index (χ2n) is 8.01. The van der Waals surface area contributed by atoms with E-state index in [1.54, 1.807) is 7.11 Å². The van der Waals surface area contributed by atoms with E-state index in [4.69, 9.17) is 9.47 Å². The topological polar surface area (TPSA) is 50.8 Å². The number of carbonyl (C=O) groups excluding carboxylic acids is 1. The van der Waals surface area contributed by atoms with Crippen LogP contribution in [0.3, 0.4) is 0 Å². The van der Waals surface area contributed by atoms with E-state index in [9.17, 15) is 4.79 Å². The lowest BCUT2D eigenvalue weighted by Crippen LogP contribution is -2.39. The molecule has 0 radical (unpaired) electrons. The molecule has 154 valence electrons. The number of ether oxygens (including phenoxy) is 2. The molecule has 5 heteroatoms. The van der Waals surface area contributed by atoms with E-state index in [-0.39, 0.29) is 17.9 Å². The van der Waals surface area contributed by atoms with Crippen LogP contribution in [-0.2, 0) is 11.3 Å². The first-order valence-corrected chi connectivity index (χ1v) is 10.6. The maximum atomic E-state index is 12.5. The third-order valence-electron chi connectivity index (χ3n) is 5.95. The lowest BCUT2D eigenvalue weighted by molar-refractivity contribution is -0.122. The molecular formula is C24H30N2O3. The van der Waals surface area contributed by atoms with Crippen molar-refractivity contribution in [2.24, 2.45) is 5.92 Å². The van der Waals surface area contributed by atoms with Crippen molar-refractivity contribution in [3.8, 4) is 11.5 Å². The van der Waals surface area contributed by atoms with Crippen molar-refractivity contribution in [1.29, 1.82) is 0 Å². The van der Waals surface area contributed by atoms with E-state index in [0.29, 0.717) is 12.5 Å². The fourth-order valence-electron chi connectivity index (χ4n) is 4.14. The van der Waals surface area contributed by atoms with Crippen molar-refractivity contribution in [2.75, 3.05) is 26.7 Å². The lowest BCUT2D eigenvalue weighted by atomic mass is 10.1. The van der Waals surface area contributed by atoms with E-state index in [1.807, 2.05) is 36.4 Å². The first-order chi connectivity index (χ1) is 14.2. The van der Waals surface area contributed by atoms with Crippen molar-refractivity contribution in [3.05, 3.63) is 59.7 Å². The molecule has 4 rings (SSSR count). The van der Waals surface area contributed by atoms with Crippen LogP contribution in [0.5, 0.6) is 11.5 Å². The first-order valence-electron chi connectivity index (χ1n) is 10.6. The van der Waals surface area contributed by atoms with Gasteiger partial charge in [0, 0.05) is 37.7 Å². The maximum absolute atomic E-state index is 12.5. The lowest BCUT2D eigenvalue weighted by Gasteiger charge is -2.23. The highest BCUT2D eigenvalue weighted by atomic mass is 16.5. The molecule has 1 unspecified atom stereocenters. The monoisotopic (exact) mass is 394 g/mol. The van der Waals surface area contributed by atoms with E-state index in [0.717, 1.165) is 49.5 Å². The number of hydrogen-bond acceptors (Lipinski definition) is 4. The fourth-order valence-corrected chi connectivity index (χ4v) is 4.14. The number of carbonyl (C=O) groups is 1. The van der Waals surface area contributed by atoms with Gasteiger partial charge in [-0.2, -0.15) is 0 Å². The van der Waals surface area contributed by atoms with Crippen molar-refractivity contribution in [1.82, 2.24) is 10.2 Å². The highest BCUT2D eigenvalue weighted by molar-refractivity contribution is 5.82. The molecule has 1 fully saturated rings. The van der Waals surface area contributed by atoms with Crippen LogP contribution in [0, 0.1) is 5.92 Å². The molecule has 2 aliphatic rings. The van der Waals surface area contributed by atoms with Gasteiger partial charge >= 0.3 is 0 Å². The molecule has 1 amide bonds. The first kappa shape index (κ1) is 19.8. The average Bonchev–Trinajstić information content (AvgIpc) is 3.57. The fraction of sp³-hybridized carbons (Fsp3) is 0.458. The van der Waals surface area contributed by atoms with Gasteiger partial charge in [0.05, 0.1) is 7.11 Å². The Kier molecular flexibility index (Phi) is 6.05. The summed E-state index contributed by atoms with van der Waals surface area (Å²) in [4.78, 5) is 14.9. The Balaban J connectivity index is 1.31. The van der Waals surface area contributed by atoms with Crippen molar-refractivity contribution in [2.45, 2.75) is 38.3 Å². The van der Waals surface area contributed by atoms with E-state index < -0.39 is 0 Å². The molecule has 5 nitrogen and oxygen atoms in total. The van der Waals surface area contributed by atoms with Crippen LogP contribution in [0.15, 0.2) is 48.5 Å². The summed E-state index contributed by atoms with van der Waals surface area (Å²) < 4.78 is 11.6. The minimum absolute atomic E-state index is 0.123. The van der Waals surface area contributed by atoms with Gasteiger partial charge < -0.3 is 14.8 Å². The highest BCUT2D eigenvalue weighted by Gasteiger charge is 2.43. The summed E-state index contributed by atoms with van der Waals surface area (Å²) in [5.74, 6) is 2.47. The zero-order chi connectivity index (χ0) is 20.2. The molecule has 1 aliphatic carbocycles. The van der Waals surface area contributed by atoms with Crippen molar-refractivity contribution < 1.29 is 14.3 Å². The Morgan fingerprint density at radius 2 is 2.07 bits per heavy atom. The molecule has 29 heavy (non-hydrogen) atoms. The minimum Gasteiger partial charge on any atom is -0.497 e. The second-order valence-corrected chi connectivity index (χ2v) is 8.01. The summed E-state index contributed by atoms with van der Waals surface area (Å²) >= 11 is 0. The minimum atomic E-state index is 0.123. The summed E-state index contributed by atoms with van der Waals surface area (Å²) in [7, 11) is 1.68. The van der Waals surface area contributed by atoms with Gasteiger partial charge in [-0.3, -0.25) is 9.69 Å². The van der Waals surface area contributed by atoms with Crippen LogP contribution in [0.1, 0.15) is 36.8 Å². The highest BCUT2D eigenvalue weighted by Crippen LogP contribution is 2.47. The summed E-state index contributed by atoms with van der Waals surface area (Å²) in [6.07, 6.45) is 2.07. The third-order valence-corrected chi connectivity index (χ3v) is 5.95. The second kappa shape index (κ2) is 8.87. The molecule has 1 N–H and O–H groups in total. The van der Waals surface area contributed by atoms with Gasteiger partial charge in [0.2, 0.25) is 5.91 Å². The Morgan fingerprint density at radius 3 is 2.83 bits per heavy atom. The number of fused-ring (bicyclic) bond motifs is 1. The van der Waals surface area contributed by atoms with Gasteiger partial charge in [-0.1, -0.05) is 37.3 Å². The van der Waals surface area contributed by atoms with Gasteiger partial charge in [0.25, 0.3) is 0 Å². The summed E-state index contributed by atoms with van der Waals surface area (Å²) in [5.41, 5.74) is 2.41. The molecule has 1 heterocycles. The van der Waals surface area contributed by atoms with Crippen LogP contribution in [-0.4, -0.2) is 43.7 Å². The average molecular weight is 395 g/mol. The normalized spacial score (nSPS) is 23.4. The molecule has 0 saturated heterocycles. The quantitative estimate of drug-likeness (QED) is 0.780. The molecule has 0 bridgehead atoms. The Hall–Kier alpha value is -2.53. The van der Waals surface area contributed by atoms with E-state index in [1.165, 1.54) is 5.56 Å². The van der Waals surface area contributed by atoms with E-state index in [2.05, 4.69) is 29.3 Å². The van der Waals surface area contributed by atoms with Crippen LogP contribution < -0.4 is 14.8 Å². The molecule has 3 atom stereocenters. The van der Waals surface area contributed by atoms with Gasteiger partial charge in [0.15, 0.2) is 0 Å². The Bertz CT molecular complexity index is 839. The molecule has 2 aromatic carbocycles.